The fraction of sp³-hybridized carbons (Fsp3) is 0.364. The van der Waals surface area contributed by atoms with Crippen LogP contribution in [0.5, 0.6) is 0 Å². The van der Waals surface area contributed by atoms with E-state index >= 15 is 0 Å². The van der Waals surface area contributed by atoms with E-state index in [9.17, 15) is 9.59 Å². The second-order valence-corrected chi connectivity index (χ2v) is 6.98. The summed E-state index contributed by atoms with van der Waals surface area (Å²) in [5.74, 6) is 0.179. The Morgan fingerprint density at radius 2 is 1.74 bits per heavy atom. The SMILES string of the molecule is O=C(NC(C(=O)NCCC1CCCNC1)c1ccccc1)c1ccccc1. The molecule has 5 nitrogen and oxygen atoms in total. The van der Waals surface area contributed by atoms with Gasteiger partial charge in [-0.05, 0) is 56.0 Å². The molecule has 2 aromatic carbocycles. The van der Waals surface area contributed by atoms with Crippen LogP contribution >= 0.6 is 0 Å². The van der Waals surface area contributed by atoms with Crippen molar-refractivity contribution in [2.45, 2.75) is 25.3 Å². The largest absolute Gasteiger partial charge is 0.354 e. The van der Waals surface area contributed by atoms with Crippen molar-refractivity contribution < 1.29 is 9.59 Å². The molecule has 2 amide bonds. The van der Waals surface area contributed by atoms with Crippen LogP contribution in [-0.2, 0) is 4.79 Å². The molecule has 1 heterocycles. The first kappa shape index (κ1) is 19.1. The normalized spacial score (nSPS) is 17.7. The van der Waals surface area contributed by atoms with Gasteiger partial charge in [-0.2, -0.15) is 0 Å². The molecule has 0 radical (unpaired) electrons. The number of hydrogen-bond donors (Lipinski definition) is 3. The van der Waals surface area contributed by atoms with Gasteiger partial charge in [-0.15, -0.1) is 0 Å². The second-order valence-electron chi connectivity index (χ2n) is 6.98. The smallest absolute Gasteiger partial charge is 0.252 e. The number of amides is 2. The Morgan fingerprint density at radius 3 is 2.41 bits per heavy atom. The van der Waals surface area contributed by atoms with Gasteiger partial charge in [0.25, 0.3) is 5.91 Å². The quantitative estimate of drug-likeness (QED) is 0.706. The highest BCUT2D eigenvalue weighted by atomic mass is 16.2. The van der Waals surface area contributed by atoms with E-state index in [2.05, 4.69) is 16.0 Å². The van der Waals surface area contributed by atoms with E-state index in [4.69, 9.17) is 0 Å². The van der Waals surface area contributed by atoms with Crippen molar-refractivity contribution in [3.8, 4) is 0 Å². The van der Waals surface area contributed by atoms with Gasteiger partial charge in [0.05, 0.1) is 0 Å². The predicted molar refractivity (Wildman–Crippen MR) is 106 cm³/mol. The van der Waals surface area contributed by atoms with Crippen LogP contribution in [0.1, 0.15) is 41.2 Å². The van der Waals surface area contributed by atoms with Gasteiger partial charge in [0, 0.05) is 12.1 Å². The van der Waals surface area contributed by atoms with E-state index in [1.807, 2.05) is 48.5 Å². The van der Waals surface area contributed by atoms with Crippen molar-refractivity contribution in [1.82, 2.24) is 16.0 Å². The predicted octanol–water partition coefficient (Wildman–Crippen LogP) is 2.66. The molecule has 1 saturated heterocycles. The molecule has 2 aromatic rings. The molecule has 1 fully saturated rings. The lowest BCUT2D eigenvalue weighted by atomic mass is 9.96. The van der Waals surface area contributed by atoms with Crippen LogP contribution in [-0.4, -0.2) is 31.4 Å². The first-order valence-electron chi connectivity index (χ1n) is 9.63. The summed E-state index contributed by atoms with van der Waals surface area (Å²) in [5.41, 5.74) is 1.32. The summed E-state index contributed by atoms with van der Waals surface area (Å²) in [4.78, 5) is 25.4. The van der Waals surface area contributed by atoms with E-state index in [0.29, 0.717) is 18.0 Å². The molecule has 0 saturated carbocycles. The summed E-state index contributed by atoms with van der Waals surface area (Å²) < 4.78 is 0. The molecule has 0 spiro atoms. The van der Waals surface area contributed by atoms with Crippen LogP contribution in [0.2, 0.25) is 0 Å². The van der Waals surface area contributed by atoms with E-state index < -0.39 is 6.04 Å². The van der Waals surface area contributed by atoms with Gasteiger partial charge in [-0.3, -0.25) is 9.59 Å². The molecule has 0 aliphatic carbocycles. The molecule has 1 aliphatic rings. The third kappa shape index (κ3) is 5.66. The fourth-order valence-corrected chi connectivity index (χ4v) is 3.42. The van der Waals surface area contributed by atoms with Crippen LogP contribution in [0.15, 0.2) is 60.7 Å². The highest BCUT2D eigenvalue weighted by Crippen LogP contribution is 2.16. The first-order chi connectivity index (χ1) is 13.2. The summed E-state index contributed by atoms with van der Waals surface area (Å²) in [6.45, 7) is 2.73. The molecular formula is C22H27N3O2. The van der Waals surface area contributed by atoms with Crippen molar-refractivity contribution >= 4 is 11.8 Å². The molecule has 3 rings (SSSR count). The number of rotatable bonds is 7. The van der Waals surface area contributed by atoms with E-state index in [1.54, 1.807) is 12.1 Å². The van der Waals surface area contributed by atoms with E-state index in [-0.39, 0.29) is 11.8 Å². The molecule has 2 atom stereocenters. The summed E-state index contributed by atoms with van der Waals surface area (Å²) in [6, 6.07) is 17.6. The summed E-state index contributed by atoms with van der Waals surface area (Å²) >= 11 is 0. The molecule has 27 heavy (non-hydrogen) atoms. The Labute approximate surface area is 160 Å². The number of carbonyl (C=O) groups excluding carboxylic acids is 2. The van der Waals surface area contributed by atoms with E-state index in [0.717, 1.165) is 25.1 Å². The van der Waals surface area contributed by atoms with Gasteiger partial charge in [-0.25, -0.2) is 0 Å². The average molecular weight is 365 g/mol. The zero-order chi connectivity index (χ0) is 18.9. The molecular weight excluding hydrogens is 338 g/mol. The van der Waals surface area contributed by atoms with Gasteiger partial charge in [0.15, 0.2) is 0 Å². The number of hydrogen-bond acceptors (Lipinski definition) is 3. The van der Waals surface area contributed by atoms with Crippen molar-refractivity contribution in [2.24, 2.45) is 5.92 Å². The standard InChI is InChI=1S/C22H27N3O2/c26-21(19-11-5-2-6-12-19)25-20(18-9-3-1-4-10-18)22(27)24-15-13-17-8-7-14-23-16-17/h1-6,9-12,17,20,23H,7-8,13-16H2,(H,24,27)(H,25,26). The van der Waals surface area contributed by atoms with Crippen molar-refractivity contribution in [3.05, 3.63) is 71.8 Å². The molecule has 2 unspecified atom stereocenters. The van der Waals surface area contributed by atoms with Gasteiger partial charge in [0.2, 0.25) is 5.91 Å². The summed E-state index contributed by atoms with van der Waals surface area (Å²) in [5, 5.41) is 9.27. The second kappa shape index (κ2) is 9.88. The molecule has 0 bridgehead atoms. The van der Waals surface area contributed by atoms with Gasteiger partial charge >= 0.3 is 0 Å². The monoisotopic (exact) mass is 365 g/mol. The Bertz CT molecular complexity index is 728. The number of piperidine rings is 1. The lowest BCUT2D eigenvalue weighted by Crippen LogP contribution is -2.41. The number of nitrogens with one attached hydrogen (secondary N) is 3. The first-order valence-corrected chi connectivity index (χ1v) is 9.63. The van der Waals surface area contributed by atoms with Crippen molar-refractivity contribution in [1.29, 1.82) is 0 Å². The molecule has 1 aliphatic heterocycles. The van der Waals surface area contributed by atoms with Crippen LogP contribution in [0.25, 0.3) is 0 Å². The van der Waals surface area contributed by atoms with Crippen molar-refractivity contribution in [2.75, 3.05) is 19.6 Å². The fourth-order valence-electron chi connectivity index (χ4n) is 3.42. The average Bonchev–Trinajstić information content (AvgIpc) is 2.74. The molecule has 3 N–H and O–H groups in total. The maximum atomic E-state index is 12.8. The van der Waals surface area contributed by atoms with Crippen molar-refractivity contribution in [3.63, 3.8) is 0 Å². The highest BCUT2D eigenvalue weighted by molar-refractivity contribution is 5.97. The highest BCUT2D eigenvalue weighted by Gasteiger charge is 2.23. The Hall–Kier alpha value is -2.66. The van der Waals surface area contributed by atoms with Gasteiger partial charge in [0.1, 0.15) is 6.04 Å². The Balaban J connectivity index is 1.62. The topological polar surface area (TPSA) is 70.2 Å². The third-order valence-electron chi connectivity index (χ3n) is 4.96. The maximum absolute atomic E-state index is 12.8. The van der Waals surface area contributed by atoms with Crippen LogP contribution in [0, 0.1) is 5.92 Å². The maximum Gasteiger partial charge on any atom is 0.252 e. The number of benzene rings is 2. The Morgan fingerprint density at radius 1 is 1.04 bits per heavy atom. The summed E-state index contributed by atoms with van der Waals surface area (Å²) in [7, 11) is 0. The summed E-state index contributed by atoms with van der Waals surface area (Å²) in [6.07, 6.45) is 3.35. The molecule has 5 heteroatoms. The van der Waals surface area contributed by atoms with Crippen LogP contribution < -0.4 is 16.0 Å². The van der Waals surface area contributed by atoms with E-state index in [1.165, 1.54) is 12.8 Å². The lowest BCUT2D eigenvalue weighted by Gasteiger charge is -2.23. The van der Waals surface area contributed by atoms with Gasteiger partial charge in [-0.1, -0.05) is 48.5 Å². The van der Waals surface area contributed by atoms with Gasteiger partial charge < -0.3 is 16.0 Å². The third-order valence-corrected chi connectivity index (χ3v) is 4.96. The Kier molecular flexibility index (Phi) is 6.99. The molecule has 142 valence electrons. The lowest BCUT2D eigenvalue weighted by molar-refractivity contribution is -0.123. The minimum Gasteiger partial charge on any atom is -0.354 e. The minimum absolute atomic E-state index is 0.172. The van der Waals surface area contributed by atoms with Crippen LogP contribution in [0.4, 0.5) is 0 Å². The zero-order valence-electron chi connectivity index (χ0n) is 15.5. The van der Waals surface area contributed by atoms with Crippen LogP contribution in [0.3, 0.4) is 0 Å². The molecule has 0 aromatic heterocycles. The number of carbonyl (C=O) groups is 2. The zero-order valence-corrected chi connectivity index (χ0v) is 15.5. The minimum atomic E-state index is -0.705.